The molecule has 2 nitrogen and oxygen atoms in total. The summed E-state index contributed by atoms with van der Waals surface area (Å²) < 4.78 is 0. The monoisotopic (exact) mass is 182 g/mol. The van der Waals surface area contributed by atoms with Gasteiger partial charge in [0.15, 0.2) is 0 Å². The number of rotatable bonds is 6. The van der Waals surface area contributed by atoms with Crippen molar-refractivity contribution in [2.45, 2.75) is 39.7 Å². The quantitative estimate of drug-likeness (QED) is 0.481. The zero-order chi connectivity index (χ0) is 10.1. The van der Waals surface area contributed by atoms with Crippen molar-refractivity contribution in [2.75, 3.05) is 13.1 Å². The fraction of sp³-hybridized carbons (Fsp3) is 0.818. The van der Waals surface area contributed by atoms with Crippen molar-refractivity contribution >= 4 is 0 Å². The van der Waals surface area contributed by atoms with Crippen LogP contribution in [-0.2, 0) is 0 Å². The van der Waals surface area contributed by atoms with E-state index in [1.54, 1.807) is 0 Å². The molecule has 0 aromatic heterocycles. The van der Waals surface area contributed by atoms with Crippen molar-refractivity contribution in [1.82, 2.24) is 5.32 Å². The first-order valence-electron chi connectivity index (χ1n) is 5.03. The molecule has 1 atom stereocenters. The van der Waals surface area contributed by atoms with Gasteiger partial charge < -0.3 is 11.1 Å². The molecular formula is C11H22N2. The normalized spacial score (nSPS) is 12.4. The lowest BCUT2D eigenvalue weighted by Gasteiger charge is -2.17. The fourth-order valence-electron chi connectivity index (χ4n) is 1.30. The topological polar surface area (TPSA) is 38.0 Å². The Labute approximate surface area is 82.3 Å². The fourth-order valence-corrected chi connectivity index (χ4v) is 1.30. The lowest BCUT2D eigenvalue weighted by Crippen LogP contribution is -2.37. The average molecular weight is 182 g/mol. The summed E-state index contributed by atoms with van der Waals surface area (Å²) in [5.74, 6) is 6.61. The lowest BCUT2D eigenvalue weighted by atomic mass is 10.0. The van der Waals surface area contributed by atoms with E-state index in [1.807, 2.05) is 6.92 Å². The Morgan fingerprint density at radius 3 is 2.54 bits per heavy atom. The van der Waals surface area contributed by atoms with Gasteiger partial charge in [-0.1, -0.05) is 13.8 Å². The van der Waals surface area contributed by atoms with Gasteiger partial charge in [0.25, 0.3) is 0 Å². The third-order valence-electron chi connectivity index (χ3n) is 1.90. The van der Waals surface area contributed by atoms with E-state index in [9.17, 15) is 0 Å². The molecule has 0 radical (unpaired) electrons. The van der Waals surface area contributed by atoms with Crippen LogP contribution >= 0.6 is 0 Å². The maximum Gasteiger partial charge on any atom is 0.0214 e. The van der Waals surface area contributed by atoms with Gasteiger partial charge in [-0.3, -0.25) is 0 Å². The van der Waals surface area contributed by atoms with Crippen LogP contribution in [0.15, 0.2) is 0 Å². The molecular weight excluding hydrogens is 160 g/mol. The van der Waals surface area contributed by atoms with Crippen LogP contribution in [0, 0.1) is 17.8 Å². The van der Waals surface area contributed by atoms with Crippen molar-refractivity contribution in [3.05, 3.63) is 0 Å². The van der Waals surface area contributed by atoms with Gasteiger partial charge in [0.1, 0.15) is 0 Å². The van der Waals surface area contributed by atoms with E-state index in [1.165, 1.54) is 0 Å². The Morgan fingerprint density at radius 2 is 2.08 bits per heavy atom. The highest BCUT2D eigenvalue weighted by Crippen LogP contribution is 2.03. The predicted molar refractivity (Wildman–Crippen MR) is 58.4 cm³/mol. The van der Waals surface area contributed by atoms with Crippen molar-refractivity contribution in [3.8, 4) is 11.8 Å². The van der Waals surface area contributed by atoms with Crippen molar-refractivity contribution in [3.63, 3.8) is 0 Å². The van der Waals surface area contributed by atoms with Gasteiger partial charge >= 0.3 is 0 Å². The highest BCUT2D eigenvalue weighted by atomic mass is 14.9. The van der Waals surface area contributed by atoms with Crippen LogP contribution in [0.25, 0.3) is 0 Å². The number of nitrogens with two attached hydrogens (primary N) is 1. The molecule has 0 aliphatic carbocycles. The molecule has 0 amide bonds. The highest BCUT2D eigenvalue weighted by Gasteiger charge is 2.06. The summed E-state index contributed by atoms with van der Waals surface area (Å²) >= 11 is 0. The van der Waals surface area contributed by atoms with Crippen molar-refractivity contribution < 1.29 is 0 Å². The molecule has 0 rings (SSSR count). The molecule has 0 aliphatic heterocycles. The molecule has 0 heterocycles. The van der Waals surface area contributed by atoms with Gasteiger partial charge in [-0.05, 0) is 19.3 Å². The lowest BCUT2D eigenvalue weighted by molar-refractivity contribution is 0.428. The zero-order valence-electron chi connectivity index (χ0n) is 9.06. The van der Waals surface area contributed by atoms with E-state index in [0.717, 1.165) is 25.9 Å². The van der Waals surface area contributed by atoms with Gasteiger partial charge in [0.2, 0.25) is 0 Å². The number of nitrogens with one attached hydrogen (secondary N) is 1. The average Bonchev–Trinajstić information content (AvgIpc) is 2.09. The summed E-state index contributed by atoms with van der Waals surface area (Å²) in [6.45, 7) is 7.98. The van der Waals surface area contributed by atoms with E-state index in [-0.39, 0.29) is 0 Å². The SMILES string of the molecule is CC#CCCNC(CN)CC(C)C. The molecule has 76 valence electrons. The molecule has 0 aromatic carbocycles. The predicted octanol–water partition coefficient (Wildman–Crippen LogP) is 1.36. The van der Waals surface area contributed by atoms with Gasteiger partial charge in [0, 0.05) is 25.6 Å². The molecule has 13 heavy (non-hydrogen) atoms. The Balaban J connectivity index is 3.51. The zero-order valence-corrected chi connectivity index (χ0v) is 9.06. The molecule has 3 N–H and O–H groups in total. The number of hydrogen-bond donors (Lipinski definition) is 2. The molecule has 2 heteroatoms. The summed E-state index contributed by atoms with van der Waals surface area (Å²) in [5.41, 5.74) is 5.64. The van der Waals surface area contributed by atoms with E-state index >= 15 is 0 Å². The summed E-state index contributed by atoms with van der Waals surface area (Å²) in [6.07, 6.45) is 2.07. The largest absolute Gasteiger partial charge is 0.329 e. The molecule has 1 unspecified atom stereocenters. The highest BCUT2D eigenvalue weighted by molar-refractivity contribution is 4.95. The summed E-state index contributed by atoms with van der Waals surface area (Å²) in [7, 11) is 0. The maximum atomic E-state index is 5.64. The van der Waals surface area contributed by atoms with Crippen LogP contribution in [-0.4, -0.2) is 19.1 Å². The van der Waals surface area contributed by atoms with Crippen LogP contribution in [0.4, 0.5) is 0 Å². The second kappa shape index (κ2) is 8.10. The molecule has 0 saturated heterocycles. The first-order chi connectivity index (χ1) is 6.20. The molecule has 0 fully saturated rings. The van der Waals surface area contributed by atoms with Gasteiger partial charge in [-0.2, -0.15) is 0 Å². The molecule has 0 spiro atoms. The van der Waals surface area contributed by atoms with Crippen LogP contribution in [0.3, 0.4) is 0 Å². The van der Waals surface area contributed by atoms with E-state index < -0.39 is 0 Å². The van der Waals surface area contributed by atoms with Crippen molar-refractivity contribution in [2.24, 2.45) is 11.7 Å². The third kappa shape index (κ3) is 7.83. The van der Waals surface area contributed by atoms with Crippen LogP contribution < -0.4 is 11.1 Å². The van der Waals surface area contributed by atoms with Crippen LogP contribution in [0.2, 0.25) is 0 Å². The molecule has 0 aliphatic rings. The Morgan fingerprint density at radius 1 is 1.38 bits per heavy atom. The van der Waals surface area contributed by atoms with Crippen molar-refractivity contribution in [1.29, 1.82) is 0 Å². The second-order valence-corrected chi connectivity index (χ2v) is 3.69. The minimum atomic E-state index is 0.457. The first kappa shape index (κ1) is 12.5. The Bertz CT molecular complexity index is 165. The minimum absolute atomic E-state index is 0.457. The molecule has 0 saturated carbocycles. The molecule has 0 bridgehead atoms. The van der Waals surface area contributed by atoms with E-state index in [2.05, 4.69) is 31.0 Å². The summed E-state index contributed by atoms with van der Waals surface area (Å²) in [6, 6.07) is 0.457. The minimum Gasteiger partial charge on any atom is -0.329 e. The third-order valence-corrected chi connectivity index (χ3v) is 1.90. The standard InChI is InChI=1S/C11H22N2/c1-4-5-6-7-13-11(9-12)8-10(2)3/h10-11,13H,6-9,12H2,1-3H3. The second-order valence-electron chi connectivity index (χ2n) is 3.69. The van der Waals surface area contributed by atoms with Gasteiger partial charge in [0.05, 0.1) is 0 Å². The molecule has 0 aromatic rings. The number of hydrogen-bond acceptors (Lipinski definition) is 2. The first-order valence-corrected chi connectivity index (χ1v) is 5.03. The van der Waals surface area contributed by atoms with Gasteiger partial charge in [-0.15, -0.1) is 11.8 Å². The van der Waals surface area contributed by atoms with Crippen LogP contribution in [0.1, 0.15) is 33.6 Å². The van der Waals surface area contributed by atoms with E-state index in [0.29, 0.717) is 12.0 Å². The van der Waals surface area contributed by atoms with E-state index in [4.69, 9.17) is 5.73 Å². The van der Waals surface area contributed by atoms with Gasteiger partial charge in [-0.25, -0.2) is 0 Å². The Hall–Kier alpha value is -0.520. The Kier molecular flexibility index (Phi) is 7.77. The summed E-state index contributed by atoms with van der Waals surface area (Å²) in [4.78, 5) is 0. The summed E-state index contributed by atoms with van der Waals surface area (Å²) in [5, 5.41) is 3.41. The maximum absolute atomic E-state index is 5.64. The smallest absolute Gasteiger partial charge is 0.0214 e. The van der Waals surface area contributed by atoms with Crippen LogP contribution in [0.5, 0.6) is 0 Å².